The minimum Gasteiger partial charge on any atom is -0.451 e. The average Bonchev–Trinajstić information content (AvgIpc) is 3.05. The zero-order chi connectivity index (χ0) is 17.5. The number of nitrogens with zero attached hydrogens (tertiary/aromatic N) is 1. The molecule has 0 fully saturated rings. The number of esters is 1. The summed E-state index contributed by atoms with van der Waals surface area (Å²) >= 11 is 6.48. The summed E-state index contributed by atoms with van der Waals surface area (Å²) in [7, 11) is 0. The lowest BCUT2D eigenvalue weighted by molar-refractivity contribution is -0.380. The van der Waals surface area contributed by atoms with Gasteiger partial charge in [-0.15, -0.1) is 0 Å². The maximum absolute atomic E-state index is 11.7. The Morgan fingerprint density at radius 3 is 2.54 bits per heavy atom. The number of nitrogens with one attached hydrogen (secondary N) is 1. The molecule has 7 nitrogen and oxygen atoms in total. The van der Waals surface area contributed by atoms with Crippen LogP contribution >= 0.6 is 22.9 Å². The molecule has 0 saturated carbocycles. The van der Waals surface area contributed by atoms with Gasteiger partial charge in [-0.25, -0.2) is 4.79 Å². The minimum absolute atomic E-state index is 0.0793. The average molecular weight is 369 g/mol. The van der Waals surface area contributed by atoms with Crippen LogP contribution in [0, 0.1) is 10.1 Å². The summed E-state index contributed by atoms with van der Waals surface area (Å²) in [5.74, 6) is -1.20. The molecule has 0 spiro atoms. The third kappa shape index (κ3) is 5.32. The third-order valence-electron chi connectivity index (χ3n) is 2.96. The summed E-state index contributed by atoms with van der Waals surface area (Å²) in [5.41, 5.74) is 1.02. The van der Waals surface area contributed by atoms with Crippen molar-refractivity contribution in [2.45, 2.75) is 6.42 Å². The maximum Gasteiger partial charge on any atom is 0.349 e. The van der Waals surface area contributed by atoms with Gasteiger partial charge < -0.3 is 10.1 Å². The van der Waals surface area contributed by atoms with Crippen molar-refractivity contribution in [1.82, 2.24) is 5.32 Å². The van der Waals surface area contributed by atoms with Gasteiger partial charge in [-0.2, -0.15) is 0 Å². The Kier molecular flexibility index (Phi) is 6.28. The van der Waals surface area contributed by atoms with E-state index in [4.69, 9.17) is 16.3 Å². The Morgan fingerprint density at radius 2 is 1.92 bits per heavy atom. The zero-order valence-corrected chi connectivity index (χ0v) is 13.9. The molecule has 0 aliphatic carbocycles. The fraction of sp³-hybridized carbons (Fsp3) is 0.200. The van der Waals surface area contributed by atoms with Crippen molar-refractivity contribution in [3.63, 3.8) is 0 Å². The highest BCUT2D eigenvalue weighted by Gasteiger charge is 2.17. The first kappa shape index (κ1) is 17.9. The Labute approximate surface area is 146 Å². The lowest BCUT2D eigenvalue weighted by Gasteiger charge is -2.06. The van der Waals surface area contributed by atoms with E-state index < -0.39 is 23.4 Å². The summed E-state index contributed by atoms with van der Waals surface area (Å²) in [6.45, 7) is -0.0480. The Morgan fingerprint density at radius 1 is 1.21 bits per heavy atom. The van der Waals surface area contributed by atoms with Gasteiger partial charge in [0.05, 0.1) is 4.92 Å². The van der Waals surface area contributed by atoms with Gasteiger partial charge in [0.1, 0.15) is 4.88 Å². The zero-order valence-electron chi connectivity index (χ0n) is 12.4. The molecule has 0 aliphatic rings. The molecule has 0 bridgehead atoms. The molecular formula is C15H13ClN2O5S. The molecule has 9 heteroatoms. The van der Waals surface area contributed by atoms with Gasteiger partial charge in [-0.3, -0.25) is 14.9 Å². The molecule has 0 unspecified atom stereocenters. The van der Waals surface area contributed by atoms with Gasteiger partial charge >= 0.3 is 11.0 Å². The second kappa shape index (κ2) is 8.42. The first-order chi connectivity index (χ1) is 11.5. The van der Waals surface area contributed by atoms with Crippen molar-refractivity contribution < 1.29 is 19.2 Å². The standard InChI is InChI=1S/C15H13ClN2O5S/c16-11-3-1-10(2-4-11)7-8-17-13(19)9-23-15(20)12-5-6-14(24-12)18(21)22/h1-6H,7-9H2,(H,17,19). The molecule has 0 aliphatic heterocycles. The highest BCUT2D eigenvalue weighted by molar-refractivity contribution is 7.17. The van der Waals surface area contributed by atoms with Crippen molar-refractivity contribution in [1.29, 1.82) is 0 Å². The van der Waals surface area contributed by atoms with E-state index in [0.717, 1.165) is 5.56 Å². The Balaban J connectivity index is 1.71. The summed E-state index contributed by atoms with van der Waals surface area (Å²) < 4.78 is 4.82. The number of carbonyl (C=O) groups is 2. The van der Waals surface area contributed by atoms with Gasteiger partial charge in [0.25, 0.3) is 5.91 Å². The first-order valence-corrected chi connectivity index (χ1v) is 8.07. The van der Waals surface area contributed by atoms with Crippen molar-refractivity contribution in [3.05, 3.63) is 62.0 Å². The fourth-order valence-electron chi connectivity index (χ4n) is 1.79. The van der Waals surface area contributed by atoms with E-state index in [2.05, 4.69) is 5.32 Å². The Bertz CT molecular complexity index is 745. The molecule has 1 heterocycles. The molecule has 0 radical (unpaired) electrons. The molecular weight excluding hydrogens is 356 g/mol. The molecule has 1 amide bonds. The van der Waals surface area contributed by atoms with Crippen molar-refractivity contribution >= 4 is 39.8 Å². The smallest absolute Gasteiger partial charge is 0.349 e. The molecule has 0 atom stereocenters. The molecule has 2 rings (SSSR count). The molecule has 1 aromatic heterocycles. The monoisotopic (exact) mass is 368 g/mol. The number of halogens is 1. The van der Waals surface area contributed by atoms with E-state index in [-0.39, 0.29) is 9.88 Å². The van der Waals surface area contributed by atoms with Gasteiger partial charge in [0.2, 0.25) is 0 Å². The van der Waals surface area contributed by atoms with E-state index in [1.165, 1.54) is 12.1 Å². The fourth-order valence-corrected chi connectivity index (χ4v) is 2.63. The number of rotatable bonds is 7. The predicted molar refractivity (Wildman–Crippen MR) is 89.4 cm³/mol. The van der Waals surface area contributed by atoms with Crippen LogP contribution in [0.25, 0.3) is 0 Å². The summed E-state index contributed by atoms with van der Waals surface area (Å²) in [4.78, 5) is 33.3. The van der Waals surface area contributed by atoms with Crippen molar-refractivity contribution in [3.8, 4) is 0 Å². The minimum atomic E-state index is -0.763. The number of amides is 1. The predicted octanol–water partition coefficient (Wildman–Crippen LogP) is 2.83. The van der Waals surface area contributed by atoms with Crippen LogP contribution in [0.1, 0.15) is 15.2 Å². The van der Waals surface area contributed by atoms with Crippen LogP contribution in [-0.4, -0.2) is 30.0 Å². The number of hydrogen-bond donors (Lipinski definition) is 1. The first-order valence-electron chi connectivity index (χ1n) is 6.88. The number of thiophene rings is 1. The van der Waals surface area contributed by atoms with Crippen LogP contribution in [0.2, 0.25) is 5.02 Å². The van der Waals surface area contributed by atoms with Gasteiger partial charge in [-0.05, 0) is 30.2 Å². The van der Waals surface area contributed by atoms with Gasteiger partial charge in [0, 0.05) is 17.6 Å². The van der Waals surface area contributed by atoms with E-state index in [1.807, 2.05) is 12.1 Å². The van der Waals surface area contributed by atoms with Crippen molar-refractivity contribution in [2.75, 3.05) is 13.2 Å². The molecule has 1 N–H and O–H groups in total. The number of ether oxygens (including phenoxy) is 1. The SMILES string of the molecule is O=C(COC(=O)c1ccc([N+](=O)[O-])s1)NCCc1ccc(Cl)cc1. The van der Waals surface area contributed by atoms with Crippen molar-refractivity contribution in [2.24, 2.45) is 0 Å². The molecule has 126 valence electrons. The topological polar surface area (TPSA) is 98.5 Å². The normalized spacial score (nSPS) is 10.2. The van der Waals surface area contributed by atoms with E-state index in [0.29, 0.717) is 29.3 Å². The number of nitro groups is 1. The second-order valence-electron chi connectivity index (χ2n) is 4.70. The summed E-state index contributed by atoms with van der Waals surface area (Å²) in [6, 6.07) is 9.76. The van der Waals surface area contributed by atoms with E-state index >= 15 is 0 Å². The molecule has 2 aromatic rings. The summed E-state index contributed by atoms with van der Waals surface area (Å²) in [5, 5.41) is 13.7. The van der Waals surface area contributed by atoms with Gasteiger partial charge in [0.15, 0.2) is 6.61 Å². The third-order valence-corrected chi connectivity index (χ3v) is 4.23. The highest BCUT2D eigenvalue weighted by atomic mass is 35.5. The van der Waals surface area contributed by atoms with Crippen LogP contribution in [0.5, 0.6) is 0 Å². The highest BCUT2D eigenvalue weighted by Crippen LogP contribution is 2.24. The maximum atomic E-state index is 11.7. The van der Waals surface area contributed by atoms with Crippen LogP contribution in [0.3, 0.4) is 0 Å². The van der Waals surface area contributed by atoms with Crippen LogP contribution in [-0.2, 0) is 16.0 Å². The molecule has 0 saturated heterocycles. The number of hydrogen-bond acceptors (Lipinski definition) is 6. The lowest BCUT2D eigenvalue weighted by atomic mass is 10.1. The van der Waals surface area contributed by atoms with Crippen LogP contribution in [0.4, 0.5) is 5.00 Å². The van der Waals surface area contributed by atoms with Crippen LogP contribution in [0.15, 0.2) is 36.4 Å². The lowest BCUT2D eigenvalue weighted by Crippen LogP contribution is -2.30. The van der Waals surface area contributed by atoms with E-state index in [9.17, 15) is 19.7 Å². The number of benzene rings is 1. The largest absolute Gasteiger partial charge is 0.451 e. The second-order valence-corrected chi connectivity index (χ2v) is 6.20. The van der Waals surface area contributed by atoms with E-state index in [1.54, 1.807) is 12.1 Å². The van der Waals surface area contributed by atoms with Gasteiger partial charge in [-0.1, -0.05) is 35.1 Å². The molecule has 24 heavy (non-hydrogen) atoms. The summed E-state index contributed by atoms with van der Waals surface area (Å²) in [6.07, 6.45) is 0.619. The Hall–Kier alpha value is -2.45. The number of carbonyl (C=O) groups excluding carboxylic acids is 2. The molecule has 1 aromatic carbocycles. The quantitative estimate of drug-likeness (QED) is 0.460. The van der Waals surface area contributed by atoms with Crippen LogP contribution < -0.4 is 5.32 Å².